The molecule has 0 aliphatic heterocycles. The smallest absolute Gasteiger partial charge is 0.356 e. The molecule has 0 bridgehead atoms. The zero-order chi connectivity index (χ0) is 14.6. The second-order valence-electron chi connectivity index (χ2n) is 3.72. The Balaban J connectivity index is 3.02. The molecule has 8 heteroatoms. The number of nitro groups is 1. The van der Waals surface area contributed by atoms with E-state index >= 15 is 0 Å². The van der Waals surface area contributed by atoms with Crippen LogP contribution in [0, 0.1) is 10.1 Å². The lowest BCUT2D eigenvalue weighted by Crippen LogP contribution is -2.12. The van der Waals surface area contributed by atoms with Crippen LogP contribution < -0.4 is 0 Å². The number of hydrogen-bond acceptors (Lipinski definition) is 4. The lowest BCUT2D eigenvalue weighted by Gasteiger charge is -2.12. The number of nitro benzene ring substituents is 1. The van der Waals surface area contributed by atoms with Crippen LogP contribution >= 0.6 is 0 Å². The summed E-state index contributed by atoms with van der Waals surface area (Å²) in [6, 6.07) is 2.75. The maximum atomic E-state index is 12.7. The third-order valence-electron chi connectivity index (χ3n) is 2.38. The summed E-state index contributed by atoms with van der Waals surface area (Å²) in [6.07, 6.45) is -5.37. The van der Waals surface area contributed by atoms with Gasteiger partial charge in [-0.3, -0.25) is 10.1 Å². The molecule has 0 aliphatic rings. The topological polar surface area (TPSA) is 61.6 Å². The summed E-state index contributed by atoms with van der Waals surface area (Å²) >= 11 is 0. The predicted molar refractivity (Wildman–Crippen MR) is 59.4 cm³/mol. The molecule has 1 aromatic rings. The minimum Gasteiger partial charge on any atom is -0.356 e. The molecule has 0 saturated carbocycles. The minimum absolute atomic E-state index is 0.129. The number of methoxy groups -OCH3 is 1. The van der Waals surface area contributed by atoms with E-state index in [4.69, 9.17) is 9.47 Å². The van der Waals surface area contributed by atoms with Crippen LogP contribution in [0.5, 0.6) is 0 Å². The third kappa shape index (κ3) is 4.18. The van der Waals surface area contributed by atoms with Crippen LogP contribution in [0.25, 0.3) is 0 Å². The van der Waals surface area contributed by atoms with Crippen LogP contribution in [0.15, 0.2) is 18.2 Å². The van der Waals surface area contributed by atoms with Crippen LogP contribution in [-0.2, 0) is 22.3 Å². The molecule has 0 heterocycles. The van der Waals surface area contributed by atoms with Crippen molar-refractivity contribution in [1.29, 1.82) is 0 Å². The molecule has 19 heavy (non-hydrogen) atoms. The first kappa shape index (κ1) is 15.4. The van der Waals surface area contributed by atoms with E-state index in [1.54, 1.807) is 6.92 Å². The van der Waals surface area contributed by atoms with Crippen molar-refractivity contribution in [2.45, 2.75) is 26.0 Å². The van der Waals surface area contributed by atoms with Crippen LogP contribution in [0.3, 0.4) is 0 Å². The van der Waals surface area contributed by atoms with E-state index in [0.717, 1.165) is 6.07 Å². The van der Waals surface area contributed by atoms with Crippen molar-refractivity contribution in [3.63, 3.8) is 0 Å². The van der Waals surface area contributed by atoms with Crippen molar-refractivity contribution in [1.82, 2.24) is 0 Å². The molecule has 0 N–H and O–H groups in total. The van der Waals surface area contributed by atoms with Gasteiger partial charge in [-0.1, -0.05) is 0 Å². The van der Waals surface area contributed by atoms with Gasteiger partial charge >= 0.3 is 6.18 Å². The van der Waals surface area contributed by atoms with Gasteiger partial charge in [-0.05, 0) is 24.6 Å². The van der Waals surface area contributed by atoms with Crippen molar-refractivity contribution in [3.8, 4) is 0 Å². The molecule has 5 nitrogen and oxygen atoms in total. The summed E-state index contributed by atoms with van der Waals surface area (Å²) in [6.45, 7) is 1.45. The normalized spacial score (nSPS) is 13.3. The molecular formula is C11H12F3NO4. The number of benzene rings is 1. The van der Waals surface area contributed by atoms with Gasteiger partial charge in [0.15, 0.2) is 6.29 Å². The first-order chi connectivity index (χ1) is 8.75. The van der Waals surface area contributed by atoms with Gasteiger partial charge in [-0.15, -0.1) is 0 Å². The molecule has 0 aromatic heterocycles. The highest BCUT2D eigenvalue weighted by atomic mass is 19.4. The first-order valence-corrected chi connectivity index (χ1v) is 5.24. The Bertz CT molecular complexity index is 462. The Morgan fingerprint density at radius 1 is 1.42 bits per heavy atom. The molecule has 1 aromatic carbocycles. The van der Waals surface area contributed by atoms with Crippen LogP contribution in [-0.4, -0.2) is 18.3 Å². The third-order valence-corrected chi connectivity index (χ3v) is 2.38. The van der Waals surface area contributed by atoms with Gasteiger partial charge in [0.2, 0.25) is 0 Å². The average molecular weight is 279 g/mol. The van der Waals surface area contributed by atoms with E-state index in [9.17, 15) is 23.3 Å². The summed E-state index contributed by atoms with van der Waals surface area (Å²) in [5, 5.41) is 10.5. The lowest BCUT2D eigenvalue weighted by molar-refractivity contribution is -0.388. The summed E-state index contributed by atoms with van der Waals surface area (Å²) in [5.74, 6) is 0. The SMILES string of the molecule is COC(C)OCc1ccc([N+](=O)[O-])c(C(F)(F)F)c1. The number of nitrogens with zero attached hydrogens (tertiary/aromatic N) is 1. The van der Waals surface area contributed by atoms with Crippen molar-refractivity contribution >= 4 is 5.69 Å². The Morgan fingerprint density at radius 3 is 2.53 bits per heavy atom. The van der Waals surface area contributed by atoms with Crippen molar-refractivity contribution in [2.75, 3.05) is 7.11 Å². The van der Waals surface area contributed by atoms with E-state index < -0.39 is 28.6 Å². The Hall–Kier alpha value is -1.67. The molecule has 1 unspecified atom stereocenters. The Kier molecular flexibility index (Phi) is 4.84. The van der Waals surface area contributed by atoms with Crippen molar-refractivity contribution in [3.05, 3.63) is 39.4 Å². The maximum absolute atomic E-state index is 12.7. The predicted octanol–water partition coefficient (Wildman–Crippen LogP) is 3.12. The van der Waals surface area contributed by atoms with Crippen molar-refractivity contribution < 1.29 is 27.6 Å². The van der Waals surface area contributed by atoms with Crippen LogP contribution in [0.1, 0.15) is 18.1 Å². The van der Waals surface area contributed by atoms with Gasteiger partial charge in [0.05, 0.1) is 11.5 Å². The van der Waals surface area contributed by atoms with Gasteiger partial charge in [-0.25, -0.2) is 0 Å². The van der Waals surface area contributed by atoms with Gasteiger partial charge in [0, 0.05) is 13.2 Å². The summed E-state index contributed by atoms with van der Waals surface area (Å²) < 4.78 is 47.9. The zero-order valence-corrected chi connectivity index (χ0v) is 10.2. The second kappa shape index (κ2) is 5.98. The molecular weight excluding hydrogens is 267 g/mol. The molecule has 106 valence electrons. The van der Waals surface area contributed by atoms with Crippen LogP contribution in [0.2, 0.25) is 0 Å². The van der Waals surface area contributed by atoms with E-state index in [1.807, 2.05) is 0 Å². The van der Waals surface area contributed by atoms with E-state index in [0.29, 0.717) is 6.07 Å². The quantitative estimate of drug-likeness (QED) is 0.472. The number of halogens is 3. The molecule has 1 atom stereocenters. The monoisotopic (exact) mass is 279 g/mol. The lowest BCUT2D eigenvalue weighted by atomic mass is 10.1. The van der Waals surface area contributed by atoms with Gasteiger partial charge < -0.3 is 9.47 Å². The van der Waals surface area contributed by atoms with Crippen molar-refractivity contribution in [2.24, 2.45) is 0 Å². The summed E-state index contributed by atoms with van der Waals surface area (Å²) in [7, 11) is 1.39. The highest BCUT2D eigenvalue weighted by Crippen LogP contribution is 2.36. The highest BCUT2D eigenvalue weighted by molar-refractivity contribution is 5.44. The Morgan fingerprint density at radius 2 is 2.05 bits per heavy atom. The Labute approximate surface area is 107 Å². The van der Waals surface area contributed by atoms with Crippen LogP contribution in [0.4, 0.5) is 18.9 Å². The molecule has 1 rings (SSSR count). The van der Waals surface area contributed by atoms with Gasteiger partial charge in [0.1, 0.15) is 5.56 Å². The summed E-state index contributed by atoms with van der Waals surface area (Å²) in [4.78, 5) is 9.48. The van der Waals surface area contributed by atoms with E-state index in [2.05, 4.69) is 0 Å². The van der Waals surface area contributed by atoms with Gasteiger partial charge in [-0.2, -0.15) is 13.2 Å². The number of hydrogen-bond donors (Lipinski definition) is 0. The maximum Gasteiger partial charge on any atom is 0.423 e. The molecule has 0 fully saturated rings. The molecule has 0 aliphatic carbocycles. The highest BCUT2D eigenvalue weighted by Gasteiger charge is 2.38. The molecule has 0 spiro atoms. The largest absolute Gasteiger partial charge is 0.423 e. The first-order valence-electron chi connectivity index (χ1n) is 5.24. The number of rotatable bonds is 5. The molecule has 0 radical (unpaired) electrons. The molecule has 0 saturated heterocycles. The minimum atomic E-state index is -4.79. The van der Waals surface area contributed by atoms with Gasteiger partial charge in [0.25, 0.3) is 5.69 Å². The fraction of sp³-hybridized carbons (Fsp3) is 0.455. The average Bonchev–Trinajstić information content (AvgIpc) is 2.34. The fourth-order valence-electron chi connectivity index (χ4n) is 1.34. The zero-order valence-electron chi connectivity index (χ0n) is 10.2. The standard InChI is InChI=1S/C11H12F3NO4/c1-7(18-2)19-6-8-3-4-10(15(16)17)9(5-8)11(12,13)14/h3-5,7H,6H2,1-2H3. The number of alkyl halides is 3. The van der Waals surface area contributed by atoms with E-state index in [1.165, 1.54) is 13.2 Å². The molecule has 0 amide bonds. The second-order valence-corrected chi connectivity index (χ2v) is 3.72. The fourth-order valence-corrected chi connectivity index (χ4v) is 1.34. The summed E-state index contributed by atoms with van der Waals surface area (Å²) in [5.41, 5.74) is -2.08. The number of ether oxygens (including phenoxy) is 2. The van der Waals surface area contributed by atoms with E-state index in [-0.39, 0.29) is 12.2 Å².